The smallest absolute Gasteiger partial charge is 0.315 e. The number of piperidine rings is 1. The summed E-state index contributed by atoms with van der Waals surface area (Å²) in [5.41, 5.74) is -0.749. The average Bonchev–Trinajstić information content (AvgIpc) is 2.38. The summed E-state index contributed by atoms with van der Waals surface area (Å²) in [5, 5.41) is 0. The molecule has 1 heterocycles. The van der Waals surface area contributed by atoms with Crippen LogP contribution in [0.15, 0.2) is 12.7 Å². The highest BCUT2D eigenvalue weighted by molar-refractivity contribution is 7.88. The van der Waals surface area contributed by atoms with Crippen molar-refractivity contribution in [2.75, 3.05) is 26.0 Å². The van der Waals surface area contributed by atoms with Crippen molar-refractivity contribution < 1.29 is 17.9 Å². The number of nitrogens with zero attached hydrogens (tertiary/aromatic N) is 1. The van der Waals surface area contributed by atoms with Crippen molar-refractivity contribution in [1.29, 1.82) is 0 Å². The molecule has 0 aliphatic carbocycles. The Bertz CT molecular complexity index is 460. The highest BCUT2D eigenvalue weighted by Gasteiger charge is 2.36. The van der Waals surface area contributed by atoms with Gasteiger partial charge in [0.05, 0.1) is 18.3 Å². The van der Waals surface area contributed by atoms with E-state index in [4.69, 9.17) is 4.74 Å². The minimum absolute atomic E-state index is 0.158. The Hall–Kier alpha value is -0.880. The van der Waals surface area contributed by atoms with Gasteiger partial charge in [0.1, 0.15) is 0 Å². The lowest BCUT2D eigenvalue weighted by atomic mass is 9.78. The average molecular weight is 303 g/mol. The predicted octanol–water partition coefficient (Wildman–Crippen LogP) is 1.80. The second-order valence-corrected chi connectivity index (χ2v) is 7.66. The summed E-state index contributed by atoms with van der Waals surface area (Å²) in [4.78, 5) is 12.0. The summed E-state index contributed by atoms with van der Waals surface area (Å²) in [7, 11) is -3.16. The third kappa shape index (κ3) is 4.31. The van der Waals surface area contributed by atoms with Crippen molar-refractivity contribution in [3.05, 3.63) is 12.7 Å². The number of carbonyl (C=O) groups is 1. The molecule has 0 radical (unpaired) electrons. The Morgan fingerprint density at radius 2 is 2.20 bits per heavy atom. The van der Waals surface area contributed by atoms with Crippen LogP contribution in [0, 0.1) is 11.3 Å². The number of sulfonamides is 1. The molecule has 6 heteroatoms. The maximum absolute atomic E-state index is 12.0. The molecule has 1 fully saturated rings. The predicted molar refractivity (Wildman–Crippen MR) is 78.7 cm³/mol. The number of esters is 1. The van der Waals surface area contributed by atoms with Crippen molar-refractivity contribution in [1.82, 2.24) is 4.31 Å². The fraction of sp³-hybridized carbons (Fsp3) is 0.786. The van der Waals surface area contributed by atoms with Gasteiger partial charge in [-0.25, -0.2) is 12.7 Å². The Balaban J connectivity index is 2.75. The van der Waals surface area contributed by atoms with Gasteiger partial charge in [-0.1, -0.05) is 6.08 Å². The lowest BCUT2D eigenvalue weighted by Gasteiger charge is -2.35. The van der Waals surface area contributed by atoms with E-state index in [0.29, 0.717) is 26.1 Å². The molecule has 0 aromatic carbocycles. The second-order valence-electron chi connectivity index (χ2n) is 5.68. The summed E-state index contributed by atoms with van der Waals surface area (Å²) in [6.07, 6.45) is 5.17. The fourth-order valence-corrected chi connectivity index (χ4v) is 3.58. The Morgan fingerprint density at radius 3 is 2.70 bits per heavy atom. The van der Waals surface area contributed by atoms with Gasteiger partial charge in [-0.15, -0.1) is 6.58 Å². The Labute approximate surface area is 122 Å². The molecule has 0 spiro atoms. The molecular weight excluding hydrogens is 278 g/mol. The molecule has 0 amide bonds. The molecule has 0 saturated carbocycles. The van der Waals surface area contributed by atoms with Gasteiger partial charge in [0.15, 0.2) is 0 Å². The first-order chi connectivity index (χ1) is 9.23. The second kappa shape index (κ2) is 6.72. The molecule has 2 unspecified atom stereocenters. The molecule has 20 heavy (non-hydrogen) atoms. The minimum atomic E-state index is -3.16. The zero-order valence-electron chi connectivity index (χ0n) is 12.6. The zero-order valence-corrected chi connectivity index (χ0v) is 13.4. The SMILES string of the molecule is C=CC(C)(CC1CCCN(S(C)(=O)=O)C1)C(=O)OCC. The standard InChI is InChI=1S/C14H25NO4S/c1-5-14(3,13(16)19-6-2)10-12-8-7-9-15(11-12)20(4,17)18/h5,12H,1,6-11H2,2-4H3. The van der Waals surface area contributed by atoms with Crippen LogP contribution in [0.25, 0.3) is 0 Å². The van der Waals surface area contributed by atoms with E-state index >= 15 is 0 Å². The first-order valence-corrected chi connectivity index (χ1v) is 8.83. The maximum Gasteiger partial charge on any atom is 0.315 e. The summed E-state index contributed by atoms with van der Waals surface area (Å²) in [6, 6.07) is 0. The van der Waals surface area contributed by atoms with Crippen LogP contribution in [-0.2, 0) is 19.6 Å². The Kier molecular flexibility index (Phi) is 5.77. The van der Waals surface area contributed by atoms with Crippen LogP contribution in [0.4, 0.5) is 0 Å². The third-order valence-electron chi connectivity index (χ3n) is 3.86. The van der Waals surface area contributed by atoms with Crippen LogP contribution >= 0.6 is 0 Å². The molecule has 1 saturated heterocycles. The molecule has 0 bridgehead atoms. The van der Waals surface area contributed by atoms with Crippen LogP contribution in [0.1, 0.15) is 33.1 Å². The van der Waals surface area contributed by atoms with Crippen molar-refractivity contribution in [2.24, 2.45) is 11.3 Å². The highest BCUT2D eigenvalue weighted by atomic mass is 32.2. The number of rotatable bonds is 6. The molecule has 5 nitrogen and oxygen atoms in total. The van der Waals surface area contributed by atoms with E-state index in [1.54, 1.807) is 19.9 Å². The van der Waals surface area contributed by atoms with Crippen LogP contribution in [-0.4, -0.2) is 44.6 Å². The molecule has 116 valence electrons. The highest BCUT2D eigenvalue weighted by Crippen LogP contribution is 2.33. The summed E-state index contributed by atoms with van der Waals surface area (Å²) in [5.74, 6) is -0.127. The maximum atomic E-state index is 12.0. The normalized spacial score (nSPS) is 23.9. The van der Waals surface area contributed by atoms with E-state index in [0.717, 1.165) is 12.8 Å². The van der Waals surface area contributed by atoms with E-state index in [1.165, 1.54) is 10.6 Å². The lowest BCUT2D eigenvalue weighted by molar-refractivity contribution is -0.152. The van der Waals surface area contributed by atoms with E-state index in [9.17, 15) is 13.2 Å². The van der Waals surface area contributed by atoms with Gasteiger partial charge in [-0.3, -0.25) is 4.79 Å². The summed E-state index contributed by atoms with van der Waals surface area (Å²) < 4.78 is 29.8. The first-order valence-electron chi connectivity index (χ1n) is 6.99. The number of carbonyl (C=O) groups excluding carboxylic acids is 1. The van der Waals surface area contributed by atoms with Crippen LogP contribution in [0.5, 0.6) is 0 Å². The molecule has 1 aliphatic rings. The zero-order chi connectivity index (χ0) is 15.4. The van der Waals surface area contributed by atoms with Gasteiger partial charge < -0.3 is 4.74 Å². The van der Waals surface area contributed by atoms with Crippen molar-refractivity contribution in [3.63, 3.8) is 0 Å². The minimum Gasteiger partial charge on any atom is -0.465 e. The lowest BCUT2D eigenvalue weighted by Crippen LogP contribution is -2.41. The molecule has 2 atom stereocenters. The molecule has 0 N–H and O–H groups in total. The third-order valence-corrected chi connectivity index (χ3v) is 5.13. The van der Waals surface area contributed by atoms with Crippen molar-refractivity contribution >= 4 is 16.0 Å². The summed E-state index contributed by atoms with van der Waals surface area (Å²) >= 11 is 0. The van der Waals surface area contributed by atoms with E-state index in [1.807, 2.05) is 0 Å². The number of hydrogen-bond donors (Lipinski definition) is 0. The van der Waals surface area contributed by atoms with Gasteiger partial charge in [0.25, 0.3) is 0 Å². The Morgan fingerprint density at radius 1 is 1.55 bits per heavy atom. The molecular formula is C14H25NO4S. The van der Waals surface area contributed by atoms with E-state index in [-0.39, 0.29) is 11.9 Å². The van der Waals surface area contributed by atoms with Crippen molar-refractivity contribution in [3.8, 4) is 0 Å². The van der Waals surface area contributed by atoms with Gasteiger partial charge in [0.2, 0.25) is 10.0 Å². The number of hydrogen-bond acceptors (Lipinski definition) is 4. The van der Waals surface area contributed by atoms with Crippen LogP contribution in [0.3, 0.4) is 0 Å². The fourth-order valence-electron chi connectivity index (χ4n) is 2.64. The van der Waals surface area contributed by atoms with E-state index < -0.39 is 15.4 Å². The number of ether oxygens (including phenoxy) is 1. The molecule has 0 aromatic rings. The molecule has 1 aliphatic heterocycles. The quantitative estimate of drug-likeness (QED) is 0.554. The van der Waals surface area contributed by atoms with Crippen LogP contribution < -0.4 is 0 Å². The van der Waals surface area contributed by atoms with Crippen molar-refractivity contribution in [2.45, 2.75) is 33.1 Å². The molecule has 0 aromatic heterocycles. The van der Waals surface area contributed by atoms with Gasteiger partial charge in [0, 0.05) is 13.1 Å². The van der Waals surface area contributed by atoms with Gasteiger partial charge in [-0.05, 0) is 39.0 Å². The largest absolute Gasteiger partial charge is 0.465 e. The monoisotopic (exact) mass is 303 g/mol. The summed E-state index contributed by atoms with van der Waals surface area (Å²) in [6.45, 7) is 8.69. The topological polar surface area (TPSA) is 63.7 Å². The van der Waals surface area contributed by atoms with Gasteiger partial charge >= 0.3 is 5.97 Å². The first kappa shape index (κ1) is 17.2. The van der Waals surface area contributed by atoms with Crippen LogP contribution in [0.2, 0.25) is 0 Å². The van der Waals surface area contributed by atoms with E-state index in [2.05, 4.69) is 6.58 Å². The van der Waals surface area contributed by atoms with Gasteiger partial charge in [-0.2, -0.15) is 0 Å². The molecule has 1 rings (SSSR count).